The summed E-state index contributed by atoms with van der Waals surface area (Å²) in [7, 11) is 0. The van der Waals surface area contributed by atoms with Gasteiger partial charge in [-0.1, -0.05) is 26.7 Å². The second-order valence-corrected chi connectivity index (χ2v) is 4.65. The first-order valence-electron chi connectivity index (χ1n) is 5.71. The van der Waals surface area contributed by atoms with Gasteiger partial charge in [0.15, 0.2) is 0 Å². The van der Waals surface area contributed by atoms with Gasteiger partial charge in [-0.05, 0) is 44.2 Å². The smallest absolute Gasteiger partial charge is 0.0523 e. The van der Waals surface area contributed by atoms with Gasteiger partial charge >= 0.3 is 0 Å². The predicted molar refractivity (Wildman–Crippen MR) is 59.4 cm³/mol. The van der Waals surface area contributed by atoms with Crippen LogP contribution >= 0.6 is 0 Å². The van der Waals surface area contributed by atoms with E-state index in [2.05, 4.69) is 18.8 Å². The van der Waals surface area contributed by atoms with E-state index in [1.54, 1.807) is 0 Å². The molecule has 1 saturated carbocycles. The fraction of sp³-hybridized carbons (Fsp3) is 0.917. The molecule has 1 fully saturated rings. The van der Waals surface area contributed by atoms with E-state index in [-0.39, 0.29) is 0 Å². The fourth-order valence-corrected chi connectivity index (χ4v) is 2.46. The Bertz CT molecular complexity index is 161. The molecule has 0 aliphatic heterocycles. The van der Waals surface area contributed by atoms with Gasteiger partial charge in [-0.15, -0.1) is 0 Å². The molecule has 1 nitrogen and oxygen atoms in total. The van der Waals surface area contributed by atoms with Gasteiger partial charge in [0.1, 0.15) is 0 Å². The lowest BCUT2D eigenvalue weighted by atomic mass is 9.80. The van der Waals surface area contributed by atoms with Crippen LogP contribution in [0.3, 0.4) is 0 Å². The Kier molecular flexibility index (Phi) is 4.47. The topological polar surface area (TPSA) is 12.4 Å². The van der Waals surface area contributed by atoms with Gasteiger partial charge in [0.2, 0.25) is 0 Å². The molecule has 76 valence electrons. The Morgan fingerprint density at radius 3 is 2.62 bits per heavy atom. The van der Waals surface area contributed by atoms with Crippen molar-refractivity contribution in [3.8, 4) is 0 Å². The van der Waals surface area contributed by atoms with Crippen molar-refractivity contribution in [1.29, 1.82) is 0 Å². The van der Waals surface area contributed by atoms with E-state index in [0.717, 1.165) is 11.8 Å². The average molecular weight is 181 g/mol. The molecular formula is C12H23N. The lowest BCUT2D eigenvalue weighted by Crippen LogP contribution is -2.24. The minimum absolute atomic E-state index is 0.640. The summed E-state index contributed by atoms with van der Waals surface area (Å²) >= 11 is 0. The number of aliphatic imine (C=N–C) groups is 1. The average Bonchev–Trinajstić information content (AvgIpc) is 2.08. The van der Waals surface area contributed by atoms with Crippen LogP contribution in [0.2, 0.25) is 0 Å². The zero-order valence-electron chi connectivity index (χ0n) is 9.29. The summed E-state index contributed by atoms with van der Waals surface area (Å²) in [5, 5.41) is 0. The van der Waals surface area contributed by atoms with Crippen molar-refractivity contribution < 1.29 is 0 Å². The minimum Gasteiger partial charge on any atom is -0.294 e. The van der Waals surface area contributed by atoms with Crippen molar-refractivity contribution in [2.45, 2.75) is 58.9 Å². The van der Waals surface area contributed by atoms with Gasteiger partial charge in [-0.3, -0.25) is 4.99 Å². The first-order chi connectivity index (χ1) is 6.24. The van der Waals surface area contributed by atoms with Crippen LogP contribution in [0.25, 0.3) is 0 Å². The van der Waals surface area contributed by atoms with Crippen molar-refractivity contribution in [3.63, 3.8) is 0 Å². The van der Waals surface area contributed by atoms with E-state index in [9.17, 15) is 0 Å². The van der Waals surface area contributed by atoms with E-state index < -0.39 is 0 Å². The van der Waals surface area contributed by atoms with Crippen LogP contribution < -0.4 is 0 Å². The van der Waals surface area contributed by atoms with Crippen molar-refractivity contribution >= 4 is 6.21 Å². The van der Waals surface area contributed by atoms with Crippen molar-refractivity contribution in [1.82, 2.24) is 0 Å². The van der Waals surface area contributed by atoms with Gasteiger partial charge in [0.05, 0.1) is 6.04 Å². The number of hydrogen-bond donors (Lipinski definition) is 0. The molecule has 1 rings (SSSR count). The Labute approximate surface area is 82.6 Å². The van der Waals surface area contributed by atoms with E-state index in [1.807, 2.05) is 13.1 Å². The normalized spacial score (nSPS) is 30.2. The maximum absolute atomic E-state index is 4.59. The van der Waals surface area contributed by atoms with Crippen LogP contribution in [0, 0.1) is 11.8 Å². The fourth-order valence-electron chi connectivity index (χ4n) is 2.46. The van der Waals surface area contributed by atoms with Crippen molar-refractivity contribution in [2.24, 2.45) is 16.8 Å². The molecule has 0 N–H and O–H groups in total. The molecule has 1 aliphatic carbocycles. The summed E-state index contributed by atoms with van der Waals surface area (Å²) in [6.45, 7) is 6.68. The predicted octanol–water partition coefficient (Wildman–Crippen LogP) is 3.68. The molecule has 2 atom stereocenters. The number of nitrogens with zero attached hydrogens (tertiary/aromatic N) is 1. The second kappa shape index (κ2) is 5.41. The van der Waals surface area contributed by atoms with Crippen LogP contribution in [0.1, 0.15) is 52.9 Å². The molecule has 1 unspecified atom stereocenters. The minimum atomic E-state index is 0.640. The summed E-state index contributed by atoms with van der Waals surface area (Å²) in [4.78, 5) is 4.59. The molecule has 0 aromatic rings. The molecule has 0 aromatic heterocycles. The molecule has 0 saturated heterocycles. The highest BCUT2D eigenvalue weighted by Gasteiger charge is 2.24. The van der Waals surface area contributed by atoms with Crippen molar-refractivity contribution in [3.05, 3.63) is 0 Å². The van der Waals surface area contributed by atoms with E-state index in [0.29, 0.717) is 6.04 Å². The summed E-state index contributed by atoms with van der Waals surface area (Å²) in [5.74, 6) is 1.70. The number of rotatable bonds is 3. The van der Waals surface area contributed by atoms with E-state index in [1.165, 1.54) is 32.1 Å². The van der Waals surface area contributed by atoms with Crippen LogP contribution in [0.15, 0.2) is 4.99 Å². The Hall–Kier alpha value is -0.330. The molecule has 1 heteroatoms. The monoisotopic (exact) mass is 181 g/mol. The van der Waals surface area contributed by atoms with Crippen molar-refractivity contribution in [2.75, 3.05) is 0 Å². The Morgan fingerprint density at radius 2 is 2.00 bits per heavy atom. The van der Waals surface area contributed by atoms with E-state index >= 15 is 0 Å². The van der Waals surface area contributed by atoms with Gasteiger partial charge in [0, 0.05) is 0 Å². The summed E-state index contributed by atoms with van der Waals surface area (Å²) < 4.78 is 0. The van der Waals surface area contributed by atoms with Crippen LogP contribution in [-0.2, 0) is 0 Å². The second-order valence-electron chi connectivity index (χ2n) is 4.65. The highest BCUT2D eigenvalue weighted by Crippen LogP contribution is 2.31. The first-order valence-corrected chi connectivity index (χ1v) is 5.71. The van der Waals surface area contributed by atoms with Crippen LogP contribution in [0.5, 0.6) is 0 Å². The lowest BCUT2D eigenvalue weighted by Gasteiger charge is -2.29. The van der Waals surface area contributed by atoms with Gasteiger partial charge in [-0.25, -0.2) is 0 Å². The van der Waals surface area contributed by atoms with Gasteiger partial charge in [-0.2, -0.15) is 0 Å². The quantitative estimate of drug-likeness (QED) is 0.589. The molecule has 0 amide bonds. The molecule has 13 heavy (non-hydrogen) atoms. The first kappa shape index (κ1) is 10.7. The Balaban J connectivity index is 2.46. The summed E-state index contributed by atoms with van der Waals surface area (Å²) in [6, 6.07) is 0.640. The third kappa shape index (κ3) is 3.50. The highest BCUT2D eigenvalue weighted by atomic mass is 14.8. The molecule has 0 bridgehead atoms. The maximum atomic E-state index is 4.59. The SMILES string of the molecule is C/C=N\C1CCCC[C@@H]1CC(C)C. The molecule has 0 spiro atoms. The summed E-state index contributed by atoms with van der Waals surface area (Å²) in [5.41, 5.74) is 0. The summed E-state index contributed by atoms with van der Waals surface area (Å²) in [6.07, 6.45) is 8.89. The third-order valence-corrected chi connectivity index (χ3v) is 2.98. The lowest BCUT2D eigenvalue weighted by molar-refractivity contribution is 0.267. The molecule has 0 aromatic carbocycles. The molecule has 1 aliphatic rings. The van der Waals surface area contributed by atoms with Crippen LogP contribution in [-0.4, -0.2) is 12.3 Å². The Morgan fingerprint density at radius 1 is 1.31 bits per heavy atom. The number of hydrogen-bond acceptors (Lipinski definition) is 1. The highest BCUT2D eigenvalue weighted by molar-refractivity contribution is 5.53. The molecule has 0 radical (unpaired) electrons. The zero-order chi connectivity index (χ0) is 9.68. The van der Waals surface area contributed by atoms with Gasteiger partial charge in [0.25, 0.3) is 0 Å². The standard InChI is InChI=1S/C12H23N/c1-4-13-12-8-6-5-7-11(12)9-10(2)3/h4,10-12H,5-9H2,1-3H3/b13-4-/t11-,12?/m1/s1. The zero-order valence-corrected chi connectivity index (χ0v) is 9.29. The maximum Gasteiger partial charge on any atom is 0.0523 e. The van der Waals surface area contributed by atoms with Crippen LogP contribution in [0.4, 0.5) is 0 Å². The molecule has 0 heterocycles. The van der Waals surface area contributed by atoms with Gasteiger partial charge < -0.3 is 0 Å². The molecular weight excluding hydrogens is 158 g/mol. The van der Waals surface area contributed by atoms with E-state index in [4.69, 9.17) is 0 Å². The largest absolute Gasteiger partial charge is 0.294 e. The third-order valence-electron chi connectivity index (χ3n) is 2.98.